The van der Waals surface area contributed by atoms with Gasteiger partial charge in [-0.15, -0.1) is 0 Å². The Morgan fingerprint density at radius 3 is 2.60 bits per heavy atom. The molecule has 1 N–H and O–H groups in total. The van der Waals surface area contributed by atoms with E-state index in [4.69, 9.17) is 14.2 Å². The third kappa shape index (κ3) is 4.66. The summed E-state index contributed by atoms with van der Waals surface area (Å²) in [6, 6.07) is 16.4. The van der Waals surface area contributed by atoms with Gasteiger partial charge in [-0.3, -0.25) is 10.00 Å². The molecule has 0 amide bonds. The van der Waals surface area contributed by atoms with Crippen LogP contribution >= 0.6 is 0 Å². The second kappa shape index (κ2) is 9.78. The van der Waals surface area contributed by atoms with Crippen LogP contribution in [0.2, 0.25) is 0 Å². The maximum absolute atomic E-state index is 5.94. The quantitative estimate of drug-likeness (QED) is 0.574. The Kier molecular flexibility index (Phi) is 6.67. The Balaban J connectivity index is 1.59. The molecular weight excluding hydrogens is 378 g/mol. The molecule has 4 rings (SSSR count). The summed E-state index contributed by atoms with van der Waals surface area (Å²) in [4.78, 5) is 2.41. The number of hydrogen-bond donors (Lipinski definition) is 1. The van der Waals surface area contributed by atoms with E-state index in [0.717, 1.165) is 67.4 Å². The minimum Gasteiger partial charge on any atom is -0.493 e. The number of aromatic amines is 1. The molecule has 2 heterocycles. The fourth-order valence-electron chi connectivity index (χ4n) is 4.11. The van der Waals surface area contributed by atoms with Crippen molar-refractivity contribution in [1.82, 2.24) is 15.1 Å². The van der Waals surface area contributed by atoms with E-state index in [1.54, 1.807) is 14.2 Å². The highest BCUT2D eigenvalue weighted by Crippen LogP contribution is 2.32. The molecular formula is C24H29N3O3. The highest BCUT2D eigenvalue weighted by molar-refractivity contribution is 5.62. The van der Waals surface area contributed by atoms with Crippen LogP contribution in [0, 0.1) is 0 Å². The van der Waals surface area contributed by atoms with Crippen LogP contribution in [0.25, 0.3) is 11.3 Å². The normalized spacial score (nSPS) is 16.2. The minimum absolute atomic E-state index is 0.258. The fraction of sp³-hybridized carbons (Fsp3) is 0.375. The lowest BCUT2D eigenvalue weighted by atomic mass is 10.1. The Hall–Kier alpha value is -2.83. The van der Waals surface area contributed by atoms with E-state index in [9.17, 15) is 0 Å². The van der Waals surface area contributed by atoms with Crippen LogP contribution in [-0.2, 0) is 17.8 Å². The Labute approximate surface area is 177 Å². The second-order valence-corrected chi connectivity index (χ2v) is 7.59. The number of benzene rings is 2. The Morgan fingerprint density at radius 1 is 1.03 bits per heavy atom. The van der Waals surface area contributed by atoms with Gasteiger partial charge in [-0.25, -0.2) is 0 Å². The van der Waals surface area contributed by atoms with E-state index < -0.39 is 0 Å². The van der Waals surface area contributed by atoms with Gasteiger partial charge in [0.1, 0.15) is 0 Å². The lowest BCUT2D eigenvalue weighted by Crippen LogP contribution is -2.31. The number of methoxy groups -OCH3 is 2. The van der Waals surface area contributed by atoms with Gasteiger partial charge in [0, 0.05) is 37.4 Å². The smallest absolute Gasteiger partial charge is 0.165 e. The molecule has 1 aromatic heterocycles. The average Bonchev–Trinajstić information content (AvgIpc) is 3.46. The zero-order chi connectivity index (χ0) is 20.8. The van der Waals surface area contributed by atoms with E-state index in [-0.39, 0.29) is 6.10 Å². The third-order valence-electron chi connectivity index (χ3n) is 5.54. The van der Waals surface area contributed by atoms with E-state index in [1.165, 1.54) is 5.56 Å². The van der Waals surface area contributed by atoms with Gasteiger partial charge in [0.05, 0.1) is 32.2 Å². The van der Waals surface area contributed by atoms with Gasteiger partial charge >= 0.3 is 0 Å². The average molecular weight is 408 g/mol. The molecule has 158 valence electrons. The van der Waals surface area contributed by atoms with Crippen molar-refractivity contribution in [2.45, 2.75) is 32.0 Å². The first-order chi connectivity index (χ1) is 14.8. The third-order valence-corrected chi connectivity index (χ3v) is 5.54. The standard InChI is InChI=1S/C24H29N3O3/c1-28-22-12-6-10-19(24(22)29-2)15-27(17-21-11-7-13-30-21)16-20-14-25-26-23(20)18-8-4-3-5-9-18/h3-6,8-10,12,14,21H,7,11,13,15-17H2,1-2H3,(H,25,26)/t21-/m0/s1. The summed E-state index contributed by atoms with van der Waals surface area (Å²) in [6.07, 6.45) is 4.41. The number of nitrogens with one attached hydrogen (secondary N) is 1. The van der Waals surface area contributed by atoms with Gasteiger partial charge in [0.15, 0.2) is 11.5 Å². The zero-order valence-electron chi connectivity index (χ0n) is 17.6. The molecule has 0 spiro atoms. The number of aromatic nitrogens is 2. The van der Waals surface area contributed by atoms with Crippen LogP contribution in [0.5, 0.6) is 11.5 Å². The SMILES string of the molecule is COc1cccc(CN(Cc2cn[nH]c2-c2ccccc2)C[C@@H]2CCCO2)c1OC. The van der Waals surface area contributed by atoms with Crippen LogP contribution < -0.4 is 9.47 Å². The summed E-state index contributed by atoms with van der Waals surface area (Å²) < 4.78 is 17.1. The van der Waals surface area contributed by atoms with E-state index in [1.807, 2.05) is 36.5 Å². The molecule has 1 atom stereocenters. The van der Waals surface area contributed by atoms with Crippen molar-refractivity contribution in [3.63, 3.8) is 0 Å². The summed E-state index contributed by atoms with van der Waals surface area (Å²) in [5.41, 5.74) is 4.47. The van der Waals surface area contributed by atoms with Crippen LogP contribution in [0.1, 0.15) is 24.0 Å². The minimum atomic E-state index is 0.258. The van der Waals surface area contributed by atoms with Crippen molar-refractivity contribution in [2.24, 2.45) is 0 Å². The molecule has 2 aromatic carbocycles. The first-order valence-electron chi connectivity index (χ1n) is 10.4. The van der Waals surface area contributed by atoms with Crippen molar-refractivity contribution < 1.29 is 14.2 Å². The topological polar surface area (TPSA) is 59.6 Å². The summed E-state index contributed by atoms with van der Waals surface area (Å²) in [5, 5.41) is 7.50. The van der Waals surface area contributed by atoms with Crippen LogP contribution in [0.15, 0.2) is 54.7 Å². The summed E-state index contributed by atoms with van der Waals surface area (Å²) in [6.45, 7) is 3.21. The lowest BCUT2D eigenvalue weighted by molar-refractivity contribution is 0.0676. The maximum Gasteiger partial charge on any atom is 0.165 e. The number of nitrogens with zero attached hydrogens (tertiary/aromatic N) is 2. The molecule has 0 aliphatic carbocycles. The van der Waals surface area contributed by atoms with Gasteiger partial charge in [-0.05, 0) is 24.5 Å². The number of H-pyrrole nitrogens is 1. The molecule has 0 radical (unpaired) electrons. The van der Waals surface area contributed by atoms with Crippen molar-refractivity contribution in [3.05, 3.63) is 65.9 Å². The summed E-state index contributed by atoms with van der Waals surface area (Å²) >= 11 is 0. The predicted octanol–water partition coefficient (Wildman–Crippen LogP) is 4.28. The first-order valence-corrected chi connectivity index (χ1v) is 10.4. The lowest BCUT2D eigenvalue weighted by Gasteiger charge is -2.26. The number of rotatable bonds is 9. The number of hydrogen-bond acceptors (Lipinski definition) is 5. The largest absolute Gasteiger partial charge is 0.493 e. The van der Waals surface area contributed by atoms with Crippen molar-refractivity contribution in [2.75, 3.05) is 27.4 Å². The van der Waals surface area contributed by atoms with Gasteiger partial charge in [0.25, 0.3) is 0 Å². The number of para-hydroxylation sites is 1. The van der Waals surface area contributed by atoms with Crippen molar-refractivity contribution in [3.8, 4) is 22.8 Å². The van der Waals surface area contributed by atoms with E-state index in [0.29, 0.717) is 0 Å². The molecule has 1 aliphatic heterocycles. The molecule has 6 heteroatoms. The molecule has 0 saturated carbocycles. The molecule has 30 heavy (non-hydrogen) atoms. The summed E-state index contributed by atoms with van der Waals surface area (Å²) in [7, 11) is 3.36. The molecule has 1 saturated heterocycles. The molecule has 0 unspecified atom stereocenters. The fourth-order valence-corrected chi connectivity index (χ4v) is 4.11. The van der Waals surface area contributed by atoms with Crippen molar-refractivity contribution >= 4 is 0 Å². The maximum atomic E-state index is 5.94. The van der Waals surface area contributed by atoms with Gasteiger partial charge < -0.3 is 14.2 Å². The van der Waals surface area contributed by atoms with Crippen LogP contribution in [-0.4, -0.2) is 48.6 Å². The molecule has 6 nitrogen and oxygen atoms in total. The highest BCUT2D eigenvalue weighted by Gasteiger charge is 2.22. The van der Waals surface area contributed by atoms with E-state index in [2.05, 4.69) is 33.3 Å². The molecule has 0 bridgehead atoms. The molecule has 1 fully saturated rings. The summed E-state index contributed by atoms with van der Waals surface area (Å²) in [5.74, 6) is 1.54. The van der Waals surface area contributed by atoms with Gasteiger partial charge in [-0.1, -0.05) is 42.5 Å². The first kappa shape index (κ1) is 20.4. The van der Waals surface area contributed by atoms with Gasteiger partial charge in [-0.2, -0.15) is 5.10 Å². The Bertz CT molecular complexity index is 936. The monoisotopic (exact) mass is 407 g/mol. The van der Waals surface area contributed by atoms with Crippen LogP contribution in [0.3, 0.4) is 0 Å². The van der Waals surface area contributed by atoms with E-state index >= 15 is 0 Å². The predicted molar refractivity (Wildman–Crippen MR) is 117 cm³/mol. The van der Waals surface area contributed by atoms with Crippen LogP contribution in [0.4, 0.5) is 0 Å². The number of ether oxygens (including phenoxy) is 3. The molecule has 1 aliphatic rings. The van der Waals surface area contributed by atoms with Gasteiger partial charge in [0.2, 0.25) is 0 Å². The molecule has 3 aromatic rings. The highest BCUT2D eigenvalue weighted by atomic mass is 16.5. The van der Waals surface area contributed by atoms with Crippen molar-refractivity contribution in [1.29, 1.82) is 0 Å². The second-order valence-electron chi connectivity index (χ2n) is 7.59. The zero-order valence-corrected chi connectivity index (χ0v) is 17.6. The Morgan fingerprint density at radius 2 is 1.87 bits per heavy atom.